The van der Waals surface area contributed by atoms with Crippen LogP contribution in [0.15, 0.2) is 12.1 Å². The zero-order valence-corrected chi connectivity index (χ0v) is 14.8. The Balaban J connectivity index is 0.00000220. The first-order chi connectivity index (χ1) is 9.61. The number of halogens is 2. The Labute approximate surface area is 144 Å². The summed E-state index contributed by atoms with van der Waals surface area (Å²) in [7, 11) is 1.51. The van der Waals surface area contributed by atoms with Gasteiger partial charge in [-0.15, -0.1) is 12.4 Å². The molecule has 1 saturated heterocycles. The van der Waals surface area contributed by atoms with Crippen molar-refractivity contribution in [2.45, 2.75) is 5.25 Å². The number of benzene rings is 1. The van der Waals surface area contributed by atoms with Crippen molar-refractivity contribution in [3.05, 3.63) is 22.7 Å². The molecule has 118 valence electrons. The average Bonchev–Trinajstić information content (AvgIpc) is 2.48. The van der Waals surface area contributed by atoms with E-state index in [1.54, 1.807) is 12.1 Å². The van der Waals surface area contributed by atoms with Crippen LogP contribution in [0, 0.1) is 0 Å². The standard InChI is InChI=1S/C13H17ClN2O2S2.ClH/c1-18-12-5-11(15)10(14)4-9(12)13(17)16-6-8-7-19-2-3-20-8;/h4-5,8H,2-3,6-7,15H2,1H3,(H,16,17);1H. The average molecular weight is 369 g/mol. The van der Waals surface area contributed by atoms with Crippen LogP contribution in [0.5, 0.6) is 5.75 Å². The van der Waals surface area contributed by atoms with Crippen molar-refractivity contribution < 1.29 is 9.53 Å². The first kappa shape index (κ1) is 18.6. The molecule has 1 amide bonds. The SMILES string of the molecule is COc1cc(N)c(Cl)cc1C(=O)NCC1CSCCS1.Cl. The van der Waals surface area contributed by atoms with Gasteiger partial charge in [-0.05, 0) is 6.07 Å². The molecule has 1 atom stereocenters. The maximum atomic E-state index is 12.2. The normalized spacial score (nSPS) is 17.7. The predicted octanol–water partition coefficient (Wildman–Crippen LogP) is 2.93. The number of carbonyl (C=O) groups is 1. The predicted molar refractivity (Wildman–Crippen MR) is 95.6 cm³/mol. The Morgan fingerprint density at radius 2 is 2.29 bits per heavy atom. The molecule has 1 aliphatic heterocycles. The Hall–Kier alpha value is -0.430. The van der Waals surface area contributed by atoms with E-state index in [2.05, 4.69) is 5.32 Å². The van der Waals surface area contributed by atoms with Crippen molar-refractivity contribution in [3.8, 4) is 5.75 Å². The molecule has 3 N–H and O–H groups in total. The van der Waals surface area contributed by atoms with Gasteiger partial charge in [0.2, 0.25) is 0 Å². The van der Waals surface area contributed by atoms with Crippen LogP contribution in [-0.4, -0.2) is 42.1 Å². The van der Waals surface area contributed by atoms with Gasteiger partial charge in [-0.3, -0.25) is 4.79 Å². The van der Waals surface area contributed by atoms with Crippen molar-refractivity contribution in [3.63, 3.8) is 0 Å². The highest BCUT2D eigenvalue weighted by Gasteiger charge is 2.18. The van der Waals surface area contributed by atoms with Crippen LogP contribution in [0.4, 0.5) is 5.69 Å². The van der Waals surface area contributed by atoms with E-state index in [-0.39, 0.29) is 18.3 Å². The molecule has 2 rings (SSSR count). The number of hydrogen-bond acceptors (Lipinski definition) is 5. The molecule has 1 aliphatic rings. The summed E-state index contributed by atoms with van der Waals surface area (Å²) >= 11 is 9.80. The Morgan fingerprint density at radius 3 is 2.90 bits per heavy atom. The third-order valence-corrected chi connectivity index (χ3v) is 6.11. The number of nitrogens with two attached hydrogens (primary N) is 1. The van der Waals surface area contributed by atoms with Gasteiger partial charge in [0.1, 0.15) is 5.75 Å². The number of methoxy groups -OCH3 is 1. The number of hydrogen-bond donors (Lipinski definition) is 2. The van der Waals surface area contributed by atoms with E-state index in [1.165, 1.54) is 12.9 Å². The first-order valence-corrected chi connectivity index (χ1v) is 8.80. The highest BCUT2D eigenvalue weighted by molar-refractivity contribution is 8.06. The fraction of sp³-hybridized carbons (Fsp3) is 0.462. The Kier molecular flexibility index (Phi) is 7.87. The summed E-state index contributed by atoms with van der Waals surface area (Å²) in [5.41, 5.74) is 6.53. The molecule has 1 aromatic carbocycles. The van der Waals surface area contributed by atoms with Gasteiger partial charge in [0.25, 0.3) is 5.91 Å². The Morgan fingerprint density at radius 1 is 1.52 bits per heavy atom. The van der Waals surface area contributed by atoms with E-state index in [4.69, 9.17) is 22.1 Å². The number of anilines is 1. The second-order valence-electron chi connectivity index (χ2n) is 4.35. The van der Waals surface area contributed by atoms with Crippen molar-refractivity contribution in [2.24, 2.45) is 0 Å². The molecule has 21 heavy (non-hydrogen) atoms. The molecular weight excluding hydrogens is 351 g/mol. The topological polar surface area (TPSA) is 64.3 Å². The number of carbonyl (C=O) groups excluding carboxylic acids is 1. The van der Waals surface area contributed by atoms with E-state index in [0.29, 0.717) is 33.8 Å². The maximum absolute atomic E-state index is 12.2. The van der Waals surface area contributed by atoms with Gasteiger partial charge >= 0.3 is 0 Å². The number of amides is 1. The zero-order valence-electron chi connectivity index (χ0n) is 11.6. The van der Waals surface area contributed by atoms with E-state index in [0.717, 1.165) is 11.5 Å². The summed E-state index contributed by atoms with van der Waals surface area (Å²) in [6, 6.07) is 3.12. The lowest BCUT2D eigenvalue weighted by Gasteiger charge is -2.21. The quantitative estimate of drug-likeness (QED) is 0.799. The van der Waals surface area contributed by atoms with E-state index in [9.17, 15) is 4.79 Å². The molecule has 0 aliphatic carbocycles. The summed E-state index contributed by atoms with van der Waals surface area (Å²) in [6.07, 6.45) is 0. The van der Waals surface area contributed by atoms with E-state index < -0.39 is 0 Å². The fourth-order valence-corrected chi connectivity index (χ4v) is 4.65. The molecule has 1 aromatic rings. The smallest absolute Gasteiger partial charge is 0.255 e. The lowest BCUT2D eigenvalue weighted by atomic mass is 10.1. The van der Waals surface area contributed by atoms with Crippen molar-refractivity contribution in [2.75, 3.05) is 36.6 Å². The van der Waals surface area contributed by atoms with Crippen LogP contribution in [0.25, 0.3) is 0 Å². The second kappa shape index (κ2) is 8.88. The highest BCUT2D eigenvalue weighted by Crippen LogP contribution is 2.29. The molecule has 8 heteroatoms. The number of nitrogen functional groups attached to an aromatic ring is 1. The van der Waals surface area contributed by atoms with Crippen molar-refractivity contribution in [1.29, 1.82) is 0 Å². The molecule has 1 unspecified atom stereocenters. The first-order valence-electron chi connectivity index (χ1n) is 6.22. The number of rotatable bonds is 4. The summed E-state index contributed by atoms with van der Waals surface area (Å²) < 4.78 is 5.19. The van der Waals surface area contributed by atoms with Crippen molar-refractivity contribution >= 4 is 59.1 Å². The molecule has 1 heterocycles. The van der Waals surface area contributed by atoms with Crippen LogP contribution >= 0.6 is 47.5 Å². The van der Waals surface area contributed by atoms with E-state index >= 15 is 0 Å². The molecule has 0 radical (unpaired) electrons. The Bertz CT molecular complexity index is 497. The number of ether oxygens (including phenoxy) is 1. The molecule has 0 saturated carbocycles. The molecular formula is C13H18Cl2N2O2S2. The van der Waals surface area contributed by atoms with Gasteiger partial charge in [0, 0.05) is 35.1 Å². The zero-order chi connectivity index (χ0) is 14.5. The molecule has 0 aromatic heterocycles. The van der Waals surface area contributed by atoms with Crippen LogP contribution in [0.1, 0.15) is 10.4 Å². The molecule has 0 bridgehead atoms. The summed E-state index contributed by atoms with van der Waals surface area (Å²) in [5, 5.41) is 3.76. The van der Waals surface area contributed by atoms with Gasteiger partial charge in [-0.1, -0.05) is 11.6 Å². The third kappa shape index (κ3) is 5.06. The number of thioether (sulfide) groups is 2. The van der Waals surface area contributed by atoms with Gasteiger partial charge < -0.3 is 15.8 Å². The van der Waals surface area contributed by atoms with Crippen LogP contribution in [0.3, 0.4) is 0 Å². The minimum Gasteiger partial charge on any atom is -0.496 e. The van der Waals surface area contributed by atoms with Gasteiger partial charge in [-0.25, -0.2) is 0 Å². The lowest BCUT2D eigenvalue weighted by Crippen LogP contribution is -2.33. The molecule has 4 nitrogen and oxygen atoms in total. The largest absolute Gasteiger partial charge is 0.496 e. The van der Waals surface area contributed by atoms with Crippen molar-refractivity contribution in [1.82, 2.24) is 5.32 Å². The molecule has 1 fully saturated rings. The third-order valence-electron chi connectivity index (χ3n) is 2.94. The fourth-order valence-electron chi connectivity index (χ4n) is 1.87. The van der Waals surface area contributed by atoms with E-state index in [1.807, 2.05) is 23.5 Å². The molecule has 0 spiro atoms. The van der Waals surface area contributed by atoms with Gasteiger partial charge in [0.15, 0.2) is 0 Å². The minimum atomic E-state index is -0.181. The lowest BCUT2D eigenvalue weighted by molar-refractivity contribution is 0.0951. The van der Waals surface area contributed by atoms with Gasteiger partial charge in [0.05, 0.1) is 23.4 Å². The van der Waals surface area contributed by atoms with Crippen LogP contribution in [0.2, 0.25) is 5.02 Å². The summed E-state index contributed by atoms with van der Waals surface area (Å²) in [6.45, 7) is 0.654. The minimum absolute atomic E-state index is 0. The maximum Gasteiger partial charge on any atom is 0.255 e. The monoisotopic (exact) mass is 368 g/mol. The van der Waals surface area contributed by atoms with Gasteiger partial charge in [-0.2, -0.15) is 23.5 Å². The highest BCUT2D eigenvalue weighted by atomic mass is 35.5. The summed E-state index contributed by atoms with van der Waals surface area (Å²) in [5.74, 6) is 3.67. The van der Waals surface area contributed by atoms with Crippen LogP contribution < -0.4 is 15.8 Å². The number of nitrogens with one attached hydrogen (secondary N) is 1. The van der Waals surface area contributed by atoms with Crippen LogP contribution in [-0.2, 0) is 0 Å². The summed E-state index contributed by atoms with van der Waals surface area (Å²) in [4.78, 5) is 12.2. The second-order valence-corrected chi connectivity index (χ2v) is 7.32.